The molecule has 3 aliphatic carbocycles. The van der Waals surface area contributed by atoms with Crippen molar-refractivity contribution in [3.63, 3.8) is 0 Å². The lowest BCUT2D eigenvalue weighted by molar-refractivity contribution is -0.0226. The minimum atomic E-state index is -0.104. The fourth-order valence-electron chi connectivity index (χ4n) is 7.11. The molecule has 0 spiro atoms. The zero-order valence-electron chi connectivity index (χ0n) is 20.5. The van der Waals surface area contributed by atoms with Gasteiger partial charge < -0.3 is 20.1 Å². The second-order valence-corrected chi connectivity index (χ2v) is 11.1. The summed E-state index contributed by atoms with van der Waals surface area (Å²) < 4.78 is 6.21. The molecule has 2 aromatic rings. The SMILES string of the molecule is CNC(=S)N(CCOc1ccc2c(c1)CCC1C2CCC2(C)C(O)CCC12)Cc1ccccc1. The minimum Gasteiger partial charge on any atom is -0.492 e. The highest BCUT2D eigenvalue weighted by Crippen LogP contribution is 2.60. The van der Waals surface area contributed by atoms with E-state index in [-0.39, 0.29) is 11.5 Å². The van der Waals surface area contributed by atoms with Crippen molar-refractivity contribution in [3.05, 3.63) is 65.2 Å². The maximum atomic E-state index is 10.6. The number of fused-ring (bicyclic) bond motifs is 5. The first-order valence-corrected chi connectivity index (χ1v) is 13.3. The predicted octanol–water partition coefficient (Wildman–Crippen LogP) is 5.29. The highest BCUT2D eigenvalue weighted by atomic mass is 32.1. The molecule has 0 saturated heterocycles. The van der Waals surface area contributed by atoms with Gasteiger partial charge in [0.1, 0.15) is 12.4 Å². The van der Waals surface area contributed by atoms with E-state index in [4.69, 9.17) is 17.0 Å². The van der Waals surface area contributed by atoms with Crippen LogP contribution >= 0.6 is 12.2 Å². The van der Waals surface area contributed by atoms with Crippen LogP contribution in [0.3, 0.4) is 0 Å². The molecule has 0 heterocycles. The first-order valence-electron chi connectivity index (χ1n) is 12.9. The molecule has 2 fully saturated rings. The van der Waals surface area contributed by atoms with E-state index in [9.17, 15) is 5.11 Å². The number of rotatable bonds is 6. The van der Waals surface area contributed by atoms with E-state index in [2.05, 4.69) is 59.6 Å². The number of thiocarbonyl (C=S) groups is 1. The van der Waals surface area contributed by atoms with Gasteiger partial charge in [-0.05, 0) is 103 Å². The third-order valence-corrected chi connectivity index (χ3v) is 9.46. The average molecular weight is 479 g/mol. The van der Waals surface area contributed by atoms with Crippen LogP contribution in [0.2, 0.25) is 0 Å². The molecule has 5 atom stereocenters. The molecule has 2 saturated carbocycles. The Bertz CT molecular complexity index is 1010. The highest BCUT2D eigenvalue weighted by molar-refractivity contribution is 7.80. The predicted molar refractivity (Wildman–Crippen MR) is 141 cm³/mol. The number of ether oxygens (including phenoxy) is 1. The van der Waals surface area contributed by atoms with Gasteiger partial charge in [-0.25, -0.2) is 0 Å². The number of benzene rings is 2. The van der Waals surface area contributed by atoms with Gasteiger partial charge in [0.2, 0.25) is 0 Å². The summed E-state index contributed by atoms with van der Waals surface area (Å²) in [5, 5.41) is 14.5. The van der Waals surface area contributed by atoms with Crippen LogP contribution in [0.25, 0.3) is 0 Å². The molecule has 182 valence electrons. The number of hydrogen-bond acceptors (Lipinski definition) is 3. The molecule has 3 aliphatic rings. The fourth-order valence-corrected chi connectivity index (χ4v) is 7.26. The summed E-state index contributed by atoms with van der Waals surface area (Å²) in [6, 6.07) is 17.2. The molecule has 0 aliphatic heterocycles. The summed E-state index contributed by atoms with van der Waals surface area (Å²) in [6.07, 6.45) is 6.81. The van der Waals surface area contributed by atoms with Crippen LogP contribution < -0.4 is 10.1 Å². The van der Waals surface area contributed by atoms with Crippen LogP contribution in [0.5, 0.6) is 5.75 Å². The topological polar surface area (TPSA) is 44.7 Å². The highest BCUT2D eigenvalue weighted by Gasteiger charge is 2.54. The van der Waals surface area contributed by atoms with Crippen LogP contribution in [0.4, 0.5) is 0 Å². The Balaban J connectivity index is 1.22. The maximum absolute atomic E-state index is 10.6. The second-order valence-electron chi connectivity index (χ2n) is 10.7. The van der Waals surface area contributed by atoms with Crippen molar-refractivity contribution in [2.75, 3.05) is 20.2 Å². The number of hydrogen-bond donors (Lipinski definition) is 2. The van der Waals surface area contributed by atoms with Crippen LogP contribution in [0, 0.1) is 17.3 Å². The van der Waals surface area contributed by atoms with Crippen molar-refractivity contribution < 1.29 is 9.84 Å². The third kappa shape index (κ3) is 4.45. The van der Waals surface area contributed by atoms with Crippen molar-refractivity contribution in [3.8, 4) is 5.75 Å². The Morgan fingerprint density at radius 1 is 1.15 bits per heavy atom. The van der Waals surface area contributed by atoms with Gasteiger partial charge in [0, 0.05) is 13.6 Å². The molecule has 5 unspecified atom stereocenters. The summed E-state index contributed by atoms with van der Waals surface area (Å²) in [5.41, 5.74) is 4.38. The van der Waals surface area contributed by atoms with Gasteiger partial charge >= 0.3 is 0 Å². The van der Waals surface area contributed by atoms with Gasteiger partial charge in [0.15, 0.2) is 5.11 Å². The number of aliphatic hydroxyl groups excluding tert-OH is 1. The molecular weight excluding hydrogens is 440 g/mol. The molecular formula is C29H38N2O2S. The molecule has 5 heteroatoms. The first kappa shape index (κ1) is 23.6. The van der Waals surface area contributed by atoms with E-state index in [1.165, 1.54) is 36.0 Å². The van der Waals surface area contributed by atoms with E-state index in [0.29, 0.717) is 18.4 Å². The summed E-state index contributed by atoms with van der Waals surface area (Å²) in [7, 11) is 1.87. The molecule has 4 nitrogen and oxygen atoms in total. The molecule has 0 aromatic heterocycles. The normalized spacial score (nSPS) is 29.5. The third-order valence-electron chi connectivity index (χ3n) is 9.00. The van der Waals surface area contributed by atoms with Gasteiger partial charge in [-0.3, -0.25) is 0 Å². The fraction of sp³-hybridized carbons (Fsp3) is 0.552. The molecule has 2 aromatic carbocycles. The molecule has 0 bridgehead atoms. The Kier molecular flexibility index (Phi) is 6.85. The lowest BCUT2D eigenvalue weighted by Crippen LogP contribution is -2.43. The zero-order chi connectivity index (χ0) is 23.7. The lowest BCUT2D eigenvalue weighted by atomic mass is 9.55. The van der Waals surface area contributed by atoms with Gasteiger partial charge in [0.25, 0.3) is 0 Å². The molecule has 2 N–H and O–H groups in total. The largest absolute Gasteiger partial charge is 0.492 e. The van der Waals surface area contributed by atoms with E-state index >= 15 is 0 Å². The first-order chi connectivity index (χ1) is 16.5. The van der Waals surface area contributed by atoms with Gasteiger partial charge in [-0.1, -0.05) is 43.3 Å². The summed E-state index contributed by atoms with van der Waals surface area (Å²) in [6.45, 7) is 4.45. The Morgan fingerprint density at radius 2 is 1.97 bits per heavy atom. The van der Waals surface area contributed by atoms with Crippen molar-refractivity contribution in [2.45, 2.75) is 64.0 Å². The van der Waals surface area contributed by atoms with E-state index in [1.54, 1.807) is 0 Å². The van der Waals surface area contributed by atoms with Crippen LogP contribution in [-0.2, 0) is 13.0 Å². The van der Waals surface area contributed by atoms with Crippen molar-refractivity contribution in [1.29, 1.82) is 0 Å². The average Bonchev–Trinajstić information content (AvgIpc) is 3.17. The number of aliphatic hydroxyl groups is 1. The van der Waals surface area contributed by atoms with Crippen LogP contribution in [0.15, 0.2) is 48.5 Å². The second kappa shape index (κ2) is 9.87. The number of nitrogens with one attached hydrogen (secondary N) is 1. The Hall–Kier alpha value is -2.11. The van der Waals surface area contributed by atoms with Crippen LogP contribution in [0.1, 0.15) is 61.6 Å². The van der Waals surface area contributed by atoms with E-state index in [1.807, 2.05) is 13.1 Å². The van der Waals surface area contributed by atoms with Crippen molar-refractivity contribution in [1.82, 2.24) is 10.2 Å². The Morgan fingerprint density at radius 3 is 2.76 bits per heavy atom. The van der Waals surface area contributed by atoms with Gasteiger partial charge in [0.05, 0.1) is 12.6 Å². The van der Waals surface area contributed by atoms with Gasteiger partial charge in [-0.2, -0.15) is 0 Å². The van der Waals surface area contributed by atoms with Crippen molar-refractivity contribution in [2.24, 2.45) is 17.3 Å². The zero-order valence-corrected chi connectivity index (χ0v) is 21.3. The summed E-state index contributed by atoms with van der Waals surface area (Å²) in [4.78, 5) is 2.16. The van der Waals surface area contributed by atoms with Crippen LogP contribution in [-0.4, -0.2) is 41.4 Å². The monoisotopic (exact) mass is 478 g/mol. The molecule has 0 radical (unpaired) electrons. The molecule has 5 rings (SSSR count). The lowest BCUT2D eigenvalue weighted by Gasteiger charge is -2.50. The molecule has 34 heavy (non-hydrogen) atoms. The minimum absolute atomic E-state index is 0.104. The van der Waals surface area contributed by atoms with E-state index < -0.39 is 0 Å². The standard InChI is InChI=1S/C29H38N2O2S/c1-29-15-14-24-23-11-9-22(18-21(23)8-10-25(24)26(29)12-13-27(29)32)33-17-16-31(28(34)30-2)19-20-6-4-3-5-7-20/h3-7,9,11,18,24-27,32H,8,10,12-17,19H2,1-2H3,(H,30,34). The summed E-state index contributed by atoms with van der Waals surface area (Å²) >= 11 is 5.53. The number of aryl methyl sites for hydroxylation is 1. The maximum Gasteiger partial charge on any atom is 0.169 e. The summed E-state index contributed by atoms with van der Waals surface area (Å²) in [5.74, 6) is 3.01. The molecule has 0 amide bonds. The Labute approximate surface area is 209 Å². The van der Waals surface area contributed by atoms with E-state index in [0.717, 1.165) is 49.1 Å². The van der Waals surface area contributed by atoms with Crippen molar-refractivity contribution >= 4 is 17.3 Å². The smallest absolute Gasteiger partial charge is 0.169 e. The van der Waals surface area contributed by atoms with Gasteiger partial charge in [-0.15, -0.1) is 0 Å². The number of nitrogens with zero attached hydrogens (tertiary/aromatic N) is 1. The quantitative estimate of drug-likeness (QED) is 0.553.